The van der Waals surface area contributed by atoms with E-state index in [4.69, 9.17) is 0 Å². The lowest BCUT2D eigenvalue weighted by Crippen LogP contribution is -2.35. The van der Waals surface area contributed by atoms with Gasteiger partial charge in [-0.3, -0.25) is 0 Å². The summed E-state index contributed by atoms with van der Waals surface area (Å²) in [6.45, 7) is 5.60. The first-order valence-electron chi connectivity index (χ1n) is 7.29. The molecule has 1 aromatic heterocycles. The molecular weight excluding hydrogens is 234 g/mol. The Bertz CT molecular complexity index is 513. The van der Waals surface area contributed by atoms with Gasteiger partial charge in [0.2, 0.25) is 0 Å². The molecular formula is C16H23N3. The summed E-state index contributed by atoms with van der Waals surface area (Å²) < 4.78 is 0. The van der Waals surface area contributed by atoms with Crippen LogP contribution >= 0.6 is 0 Å². The van der Waals surface area contributed by atoms with E-state index in [1.807, 2.05) is 12.1 Å². The van der Waals surface area contributed by atoms with Gasteiger partial charge in [0.15, 0.2) is 0 Å². The number of aromatic amines is 1. The molecule has 1 saturated carbocycles. The van der Waals surface area contributed by atoms with Crippen LogP contribution in [0.2, 0.25) is 0 Å². The smallest absolute Gasteiger partial charge is 0.121 e. The first-order valence-corrected chi connectivity index (χ1v) is 7.29. The molecule has 0 spiro atoms. The molecule has 1 fully saturated rings. The number of H-pyrrole nitrogens is 1. The zero-order chi connectivity index (χ0) is 13.3. The number of hydrogen-bond acceptors (Lipinski definition) is 2. The van der Waals surface area contributed by atoms with E-state index in [1.165, 1.54) is 25.7 Å². The van der Waals surface area contributed by atoms with Crippen LogP contribution in [-0.2, 0) is 6.54 Å². The number of aromatic nitrogens is 2. The number of fused-ring (bicyclic) bond motifs is 1. The number of para-hydroxylation sites is 2. The average Bonchev–Trinajstić information content (AvgIpc) is 2.80. The van der Waals surface area contributed by atoms with Crippen molar-refractivity contribution in [3.05, 3.63) is 30.1 Å². The largest absolute Gasteiger partial charge is 0.341 e. The van der Waals surface area contributed by atoms with E-state index >= 15 is 0 Å². The van der Waals surface area contributed by atoms with E-state index in [1.54, 1.807) is 0 Å². The summed E-state index contributed by atoms with van der Waals surface area (Å²) >= 11 is 0. The van der Waals surface area contributed by atoms with E-state index in [0.717, 1.165) is 23.4 Å². The molecule has 1 aliphatic carbocycles. The molecule has 0 saturated heterocycles. The number of nitrogens with one attached hydrogen (secondary N) is 2. The highest BCUT2D eigenvalue weighted by molar-refractivity contribution is 5.74. The van der Waals surface area contributed by atoms with Gasteiger partial charge >= 0.3 is 0 Å². The van der Waals surface area contributed by atoms with Gasteiger partial charge in [0.25, 0.3) is 0 Å². The predicted octanol–water partition coefficient (Wildman–Crippen LogP) is 3.62. The number of imidazole rings is 1. The van der Waals surface area contributed by atoms with Crippen LogP contribution in [0.1, 0.15) is 45.4 Å². The zero-order valence-electron chi connectivity index (χ0n) is 11.9. The molecule has 102 valence electrons. The van der Waals surface area contributed by atoms with E-state index < -0.39 is 0 Å². The molecule has 3 nitrogen and oxygen atoms in total. The highest BCUT2D eigenvalue weighted by Crippen LogP contribution is 2.35. The van der Waals surface area contributed by atoms with Crippen LogP contribution in [0, 0.1) is 5.41 Å². The van der Waals surface area contributed by atoms with Gasteiger partial charge in [-0.25, -0.2) is 4.98 Å². The number of rotatable bonds is 3. The Morgan fingerprint density at radius 1 is 1.26 bits per heavy atom. The molecule has 0 atom stereocenters. The summed E-state index contributed by atoms with van der Waals surface area (Å²) in [6.07, 6.45) is 5.22. The second-order valence-corrected chi connectivity index (χ2v) is 6.52. The Kier molecular flexibility index (Phi) is 3.31. The van der Waals surface area contributed by atoms with Gasteiger partial charge in [-0.05, 0) is 43.2 Å². The molecule has 3 heteroatoms. The van der Waals surface area contributed by atoms with Gasteiger partial charge in [0.05, 0.1) is 17.6 Å². The van der Waals surface area contributed by atoms with E-state index in [9.17, 15) is 0 Å². The van der Waals surface area contributed by atoms with Crippen LogP contribution in [0.15, 0.2) is 24.3 Å². The SMILES string of the molecule is CC1(C)CCC(NCc2nc3ccccc3[nH]2)CC1. The van der Waals surface area contributed by atoms with Gasteiger partial charge in [-0.15, -0.1) is 0 Å². The van der Waals surface area contributed by atoms with Gasteiger partial charge in [0.1, 0.15) is 5.82 Å². The predicted molar refractivity (Wildman–Crippen MR) is 79.0 cm³/mol. The van der Waals surface area contributed by atoms with Crippen molar-refractivity contribution in [3.63, 3.8) is 0 Å². The number of benzene rings is 1. The van der Waals surface area contributed by atoms with Crippen LogP contribution in [-0.4, -0.2) is 16.0 Å². The standard InChI is InChI=1S/C16H23N3/c1-16(2)9-7-12(8-10-16)17-11-15-18-13-5-3-4-6-14(13)19-15/h3-6,12,17H,7-11H2,1-2H3,(H,18,19). The normalized spacial score (nSPS) is 19.9. The third-order valence-electron chi connectivity index (χ3n) is 4.34. The van der Waals surface area contributed by atoms with Crippen molar-refractivity contribution >= 4 is 11.0 Å². The lowest BCUT2D eigenvalue weighted by Gasteiger charge is -2.34. The molecule has 1 aliphatic rings. The summed E-state index contributed by atoms with van der Waals surface area (Å²) in [5.41, 5.74) is 2.73. The summed E-state index contributed by atoms with van der Waals surface area (Å²) in [7, 11) is 0. The molecule has 2 N–H and O–H groups in total. The number of hydrogen-bond donors (Lipinski definition) is 2. The maximum absolute atomic E-state index is 4.61. The van der Waals surface area contributed by atoms with Crippen molar-refractivity contribution in [2.24, 2.45) is 5.41 Å². The second-order valence-electron chi connectivity index (χ2n) is 6.52. The summed E-state index contributed by atoms with van der Waals surface area (Å²) in [5.74, 6) is 1.05. The second kappa shape index (κ2) is 4.97. The first kappa shape index (κ1) is 12.7. The Morgan fingerprint density at radius 2 is 2.00 bits per heavy atom. The Morgan fingerprint density at radius 3 is 2.74 bits per heavy atom. The summed E-state index contributed by atoms with van der Waals surface area (Å²) in [6, 6.07) is 8.86. The lowest BCUT2D eigenvalue weighted by atomic mass is 9.75. The Balaban J connectivity index is 1.57. The molecule has 0 radical (unpaired) electrons. The van der Waals surface area contributed by atoms with E-state index in [0.29, 0.717) is 11.5 Å². The topological polar surface area (TPSA) is 40.7 Å². The fourth-order valence-corrected chi connectivity index (χ4v) is 2.93. The lowest BCUT2D eigenvalue weighted by molar-refractivity contribution is 0.205. The van der Waals surface area contributed by atoms with Crippen LogP contribution in [0.5, 0.6) is 0 Å². The van der Waals surface area contributed by atoms with Gasteiger partial charge < -0.3 is 10.3 Å². The minimum atomic E-state index is 0.539. The molecule has 19 heavy (non-hydrogen) atoms. The van der Waals surface area contributed by atoms with Crippen LogP contribution in [0.4, 0.5) is 0 Å². The fraction of sp³-hybridized carbons (Fsp3) is 0.562. The van der Waals surface area contributed by atoms with Crippen molar-refractivity contribution in [2.75, 3.05) is 0 Å². The number of nitrogens with zero attached hydrogens (tertiary/aromatic N) is 1. The van der Waals surface area contributed by atoms with Crippen molar-refractivity contribution in [3.8, 4) is 0 Å². The zero-order valence-corrected chi connectivity index (χ0v) is 11.9. The van der Waals surface area contributed by atoms with Gasteiger partial charge in [-0.1, -0.05) is 26.0 Å². The maximum atomic E-state index is 4.61. The Labute approximate surface area is 114 Å². The third kappa shape index (κ3) is 2.98. The minimum Gasteiger partial charge on any atom is -0.341 e. The molecule has 3 rings (SSSR count). The maximum Gasteiger partial charge on any atom is 0.121 e. The van der Waals surface area contributed by atoms with Crippen molar-refractivity contribution < 1.29 is 0 Å². The van der Waals surface area contributed by atoms with Gasteiger partial charge in [0, 0.05) is 6.04 Å². The minimum absolute atomic E-state index is 0.539. The first-order chi connectivity index (χ1) is 9.12. The monoisotopic (exact) mass is 257 g/mol. The van der Waals surface area contributed by atoms with Gasteiger partial charge in [-0.2, -0.15) is 0 Å². The quantitative estimate of drug-likeness (QED) is 0.881. The molecule has 1 heterocycles. The fourth-order valence-electron chi connectivity index (χ4n) is 2.93. The highest BCUT2D eigenvalue weighted by Gasteiger charge is 2.26. The molecule has 0 unspecified atom stereocenters. The van der Waals surface area contributed by atoms with Crippen molar-refractivity contribution in [2.45, 2.75) is 52.1 Å². The van der Waals surface area contributed by atoms with Crippen molar-refractivity contribution in [1.82, 2.24) is 15.3 Å². The Hall–Kier alpha value is -1.35. The van der Waals surface area contributed by atoms with Crippen LogP contribution in [0.25, 0.3) is 11.0 Å². The third-order valence-corrected chi connectivity index (χ3v) is 4.34. The van der Waals surface area contributed by atoms with E-state index in [2.05, 4.69) is 41.3 Å². The summed E-state index contributed by atoms with van der Waals surface area (Å²) in [5, 5.41) is 3.64. The highest BCUT2D eigenvalue weighted by atomic mass is 15.0. The van der Waals surface area contributed by atoms with Crippen molar-refractivity contribution in [1.29, 1.82) is 0 Å². The molecule has 0 aliphatic heterocycles. The molecule has 1 aromatic carbocycles. The summed E-state index contributed by atoms with van der Waals surface area (Å²) in [4.78, 5) is 7.99. The van der Waals surface area contributed by atoms with E-state index in [-0.39, 0.29) is 0 Å². The van der Waals surface area contributed by atoms with Crippen LogP contribution in [0.3, 0.4) is 0 Å². The molecule has 0 amide bonds. The van der Waals surface area contributed by atoms with Crippen LogP contribution < -0.4 is 5.32 Å². The molecule has 2 aromatic rings. The average molecular weight is 257 g/mol. The molecule has 0 bridgehead atoms.